The summed E-state index contributed by atoms with van der Waals surface area (Å²) in [5.74, 6) is 0.0375. The largest absolute Gasteiger partial charge is 0.352 e. The molecule has 1 amide bonds. The standard InChI is InChI=1S/C14H25N5O/c1-4-19-7-5-12(6-8-19)17-14(20)13(15-2)11-9-16-18(3)10-11/h9-10,12-13,15H,4-8H2,1-3H3,(H,17,20). The van der Waals surface area contributed by atoms with E-state index >= 15 is 0 Å². The van der Waals surface area contributed by atoms with Crippen molar-refractivity contribution in [2.45, 2.75) is 31.8 Å². The molecule has 2 N–H and O–H groups in total. The number of nitrogens with zero attached hydrogens (tertiary/aromatic N) is 3. The smallest absolute Gasteiger partial charge is 0.242 e. The van der Waals surface area contributed by atoms with Crippen LogP contribution in [0.2, 0.25) is 0 Å². The molecule has 1 unspecified atom stereocenters. The average Bonchev–Trinajstić information content (AvgIpc) is 2.87. The number of nitrogens with one attached hydrogen (secondary N) is 2. The van der Waals surface area contributed by atoms with Crippen molar-refractivity contribution in [3.05, 3.63) is 18.0 Å². The van der Waals surface area contributed by atoms with Crippen molar-refractivity contribution >= 4 is 5.91 Å². The first-order chi connectivity index (χ1) is 9.63. The van der Waals surface area contributed by atoms with Gasteiger partial charge in [0.05, 0.1) is 6.20 Å². The van der Waals surface area contributed by atoms with Crippen molar-refractivity contribution < 1.29 is 4.79 Å². The molecule has 1 aromatic rings. The van der Waals surface area contributed by atoms with Crippen LogP contribution in [0.1, 0.15) is 31.4 Å². The number of aryl methyl sites for hydroxylation is 1. The Morgan fingerprint density at radius 2 is 2.20 bits per heavy atom. The molecule has 1 saturated heterocycles. The number of likely N-dealkylation sites (N-methyl/N-ethyl adjacent to an activating group) is 1. The third kappa shape index (κ3) is 3.58. The maximum absolute atomic E-state index is 12.4. The first kappa shape index (κ1) is 15.0. The molecule has 1 fully saturated rings. The van der Waals surface area contributed by atoms with Gasteiger partial charge >= 0.3 is 0 Å². The Balaban J connectivity index is 1.90. The van der Waals surface area contributed by atoms with Gasteiger partial charge in [-0.15, -0.1) is 0 Å². The number of carbonyl (C=O) groups excluding carboxylic acids is 1. The second-order valence-electron chi connectivity index (χ2n) is 5.39. The third-order valence-electron chi connectivity index (χ3n) is 3.99. The Hall–Kier alpha value is -1.40. The lowest BCUT2D eigenvalue weighted by Gasteiger charge is -2.32. The fraction of sp³-hybridized carbons (Fsp3) is 0.714. The van der Waals surface area contributed by atoms with Crippen molar-refractivity contribution in [2.24, 2.45) is 7.05 Å². The second kappa shape index (κ2) is 6.85. The molecule has 0 saturated carbocycles. The summed E-state index contributed by atoms with van der Waals surface area (Å²) in [6.45, 7) is 5.41. The third-order valence-corrected chi connectivity index (χ3v) is 3.99. The van der Waals surface area contributed by atoms with E-state index in [-0.39, 0.29) is 18.0 Å². The van der Waals surface area contributed by atoms with Gasteiger partial charge in [-0.2, -0.15) is 5.10 Å². The first-order valence-corrected chi connectivity index (χ1v) is 7.32. The lowest BCUT2D eigenvalue weighted by Crippen LogP contribution is -2.47. The van der Waals surface area contributed by atoms with Crippen LogP contribution in [0.3, 0.4) is 0 Å². The van der Waals surface area contributed by atoms with Crippen LogP contribution in [-0.2, 0) is 11.8 Å². The van der Waals surface area contributed by atoms with E-state index in [2.05, 4.69) is 27.6 Å². The number of likely N-dealkylation sites (tertiary alicyclic amines) is 1. The number of piperidine rings is 1. The van der Waals surface area contributed by atoms with E-state index in [4.69, 9.17) is 0 Å². The summed E-state index contributed by atoms with van der Waals surface area (Å²) in [6.07, 6.45) is 5.67. The monoisotopic (exact) mass is 279 g/mol. The van der Waals surface area contributed by atoms with Crippen LogP contribution < -0.4 is 10.6 Å². The minimum absolute atomic E-state index is 0.0375. The van der Waals surface area contributed by atoms with E-state index in [9.17, 15) is 4.79 Å². The highest BCUT2D eigenvalue weighted by atomic mass is 16.2. The second-order valence-corrected chi connectivity index (χ2v) is 5.39. The average molecular weight is 279 g/mol. The number of hydrogen-bond donors (Lipinski definition) is 2. The van der Waals surface area contributed by atoms with Gasteiger partial charge < -0.3 is 15.5 Å². The topological polar surface area (TPSA) is 62.2 Å². The molecule has 2 rings (SSSR count). The van der Waals surface area contributed by atoms with Gasteiger partial charge in [-0.3, -0.25) is 9.48 Å². The summed E-state index contributed by atoms with van der Waals surface area (Å²) >= 11 is 0. The molecule has 0 radical (unpaired) electrons. The summed E-state index contributed by atoms with van der Waals surface area (Å²) in [6, 6.07) is -0.0364. The molecule has 1 aliphatic heterocycles. The lowest BCUT2D eigenvalue weighted by molar-refractivity contribution is -0.124. The molecule has 20 heavy (non-hydrogen) atoms. The van der Waals surface area contributed by atoms with Crippen LogP contribution in [0.25, 0.3) is 0 Å². The van der Waals surface area contributed by atoms with E-state index in [0.29, 0.717) is 0 Å². The predicted octanol–water partition coefficient (Wildman–Crippen LogP) is 0.281. The zero-order chi connectivity index (χ0) is 14.5. The SMILES string of the molecule is CCN1CCC(NC(=O)C(NC)c2cnn(C)c2)CC1. The maximum Gasteiger partial charge on any atom is 0.242 e. The minimum atomic E-state index is -0.326. The summed E-state index contributed by atoms with van der Waals surface area (Å²) < 4.78 is 1.71. The molecule has 1 atom stereocenters. The molecule has 0 aliphatic carbocycles. The highest BCUT2D eigenvalue weighted by molar-refractivity contribution is 5.83. The van der Waals surface area contributed by atoms with Crippen LogP contribution in [0, 0.1) is 0 Å². The summed E-state index contributed by atoms with van der Waals surface area (Å²) in [5, 5.41) is 10.3. The van der Waals surface area contributed by atoms with Crippen LogP contribution in [0.4, 0.5) is 0 Å². The van der Waals surface area contributed by atoms with E-state index in [1.54, 1.807) is 17.9 Å². The molecular weight excluding hydrogens is 254 g/mol. The van der Waals surface area contributed by atoms with Gasteiger partial charge in [0.15, 0.2) is 0 Å². The van der Waals surface area contributed by atoms with Crippen molar-refractivity contribution in [3.63, 3.8) is 0 Å². The zero-order valence-corrected chi connectivity index (χ0v) is 12.6. The number of carbonyl (C=O) groups is 1. The molecule has 0 bridgehead atoms. The normalized spacial score (nSPS) is 18.9. The van der Waals surface area contributed by atoms with Gasteiger partial charge in [-0.05, 0) is 26.4 Å². The molecular formula is C14H25N5O. The van der Waals surface area contributed by atoms with Gasteiger partial charge in [0.1, 0.15) is 6.04 Å². The van der Waals surface area contributed by atoms with Crippen molar-refractivity contribution in [3.8, 4) is 0 Å². The molecule has 6 nitrogen and oxygen atoms in total. The van der Waals surface area contributed by atoms with Gasteiger partial charge in [0, 0.05) is 37.9 Å². The summed E-state index contributed by atoms with van der Waals surface area (Å²) in [7, 11) is 3.66. The first-order valence-electron chi connectivity index (χ1n) is 7.32. The Morgan fingerprint density at radius 1 is 1.50 bits per heavy atom. The molecule has 2 heterocycles. The number of amides is 1. The van der Waals surface area contributed by atoms with E-state index in [1.807, 2.05) is 13.2 Å². The Morgan fingerprint density at radius 3 is 2.70 bits per heavy atom. The van der Waals surface area contributed by atoms with Crippen LogP contribution >= 0.6 is 0 Å². The van der Waals surface area contributed by atoms with E-state index < -0.39 is 0 Å². The van der Waals surface area contributed by atoms with E-state index in [0.717, 1.165) is 38.0 Å². The quantitative estimate of drug-likeness (QED) is 0.813. The molecule has 112 valence electrons. The number of rotatable bonds is 5. The fourth-order valence-corrected chi connectivity index (χ4v) is 2.72. The minimum Gasteiger partial charge on any atom is -0.352 e. The maximum atomic E-state index is 12.4. The summed E-state index contributed by atoms with van der Waals surface area (Å²) in [5.41, 5.74) is 0.901. The lowest BCUT2D eigenvalue weighted by atomic mass is 10.0. The molecule has 1 aliphatic rings. The van der Waals surface area contributed by atoms with Crippen LogP contribution in [0.5, 0.6) is 0 Å². The van der Waals surface area contributed by atoms with Crippen molar-refractivity contribution in [1.29, 1.82) is 0 Å². The summed E-state index contributed by atoms with van der Waals surface area (Å²) in [4.78, 5) is 14.8. The Labute approximate surface area is 120 Å². The molecule has 0 spiro atoms. The Bertz CT molecular complexity index is 437. The highest BCUT2D eigenvalue weighted by Gasteiger charge is 2.25. The molecule has 6 heteroatoms. The predicted molar refractivity (Wildman–Crippen MR) is 78.3 cm³/mol. The number of hydrogen-bond acceptors (Lipinski definition) is 4. The van der Waals surface area contributed by atoms with E-state index in [1.165, 1.54) is 0 Å². The zero-order valence-electron chi connectivity index (χ0n) is 12.6. The molecule has 1 aromatic heterocycles. The van der Waals surface area contributed by atoms with Gasteiger partial charge in [-0.25, -0.2) is 0 Å². The molecule has 0 aromatic carbocycles. The van der Waals surface area contributed by atoms with Gasteiger partial charge in [0.25, 0.3) is 0 Å². The van der Waals surface area contributed by atoms with Crippen LogP contribution in [0.15, 0.2) is 12.4 Å². The fourth-order valence-electron chi connectivity index (χ4n) is 2.72. The van der Waals surface area contributed by atoms with Gasteiger partial charge in [0.2, 0.25) is 5.91 Å². The van der Waals surface area contributed by atoms with Crippen LogP contribution in [-0.4, -0.2) is 53.3 Å². The Kier molecular flexibility index (Phi) is 5.14. The number of aromatic nitrogens is 2. The van der Waals surface area contributed by atoms with Crippen molar-refractivity contribution in [2.75, 3.05) is 26.7 Å². The van der Waals surface area contributed by atoms with Crippen molar-refractivity contribution in [1.82, 2.24) is 25.3 Å². The highest BCUT2D eigenvalue weighted by Crippen LogP contribution is 2.14. The van der Waals surface area contributed by atoms with Gasteiger partial charge in [-0.1, -0.05) is 6.92 Å².